The molecule has 1 saturated heterocycles. The second-order valence-electron chi connectivity index (χ2n) is 5.97. The van der Waals surface area contributed by atoms with Gasteiger partial charge in [-0.15, -0.1) is 0 Å². The Morgan fingerprint density at radius 1 is 1.43 bits per heavy atom. The molecule has 1 aliphatic heterocycles. The van der Waals surface area contributed by atoms with Crippen molar-refractivity contribution in [3.05, 3.63) is 59.8 Å². The number of aromatic nitrogens is 1. The molecule has 0 spiro atoms. The van der Waals surface area contributed by atoms with Gasteiger partial charge in [0.05, 0.1) is 12.9 Å². The van der Waals surface area contributed by atoms with E-state index >= 15 is 0 Å². The van der Waals surface area contributed by atoms with E-state index in [2.05, 4.69) is 18.1 Å². The van der Waals surface area contributed by atoms with E-state index in [0.29, 0.717) is 11.6 Å². The van der Waals surface area contributed by atoms with Crippen molar-refractivity contribution in [3.63, 3.8) is 0 Å². The fourth-order valence-electron chi connectivity index (χ4n) is 2.73. The van der Waals surface area contributed by atoms with Crippen molar-refractivity contribution in [1.29, 1.82) is 5.26 Å². The van der Waals surface area contributed by atoms with Gasteiger partial charge in [0.1, 0.15) is 23.5 Å². The van der Waals surface area contributed by atoms with Crippen molar-refractivity contribution in [2.45, 2.75) is 6.92 Å². The van der Waals surface area contributed by atoms with Gasteiger partial charge >= 0.3 is 5.97 Å². The minimum atomic E-state index is -0.719. The van der Waals surface area contributed by atoms with Crippen LogP contribution in [0, 0.1) is 11.3 Å². The predicted molar refractivity (Wildman–Crippen MR) is 119 cm³/mol. The van der Waals surface area contributed by atoms with Crippen molar-refractivity contribution in [2.24, 2.45) is 0 Å². The van der Waals surface area contributed by atoms with E-state index in [1.54, 1.807) is 20.1 Å². The van der Waals surface area contributed by atoms with Crippen LogP contribution in [-0.2, 0) is 14.3 Å². The topological polar surface area (TPSA) is 95.4 Å². The standard InChI is InChI=1S/C11H12N2O3S.C11H11NO/c1-3-5-16-11(15)8(6-12)10-13(4-2)9(14)7-17-10;1-3-8-7-12-11-5-4-9(13-2)6-10(8)11/h3H,1,4-5,7H2,2H3;3-7,12H,1H2,2H3/b10-8-;. The molecule has 8 heteroatoms. The Kier molecular flexibility index (Phi) is 8.32. The maximum absolute atomic E-state index is 11.6. The lowest BCUT2D eigenvalue weighted by Crippen LogP contribution is -2.26. The lowest BCUT2D eigenvalue weighted by atomic mass is 10.1. The molecule has 0 atom stereocenters. The quantitative estimate of drug-likeness (QED) is 0.327. The summed E-state index contributed by atoms with van der Waals surface area (Å²) in [6.45, 7) is 9.42. The number of amides is 1. The summed E-state index contributed by atoms with van der Waals surface area (Å²) in [5, 5.41) is 10.5. The molecule has 0 unspecified atom stereocenters. The minimum absolute atomic E-state index is 0.0437. The summed E-state index contributed by atoms with van der Waals surface area (Å²) in [6.07, 6.45) is 5.19. The highest BCUT2D eigenvalue weighted by atomic mass is 32.2. The molecule has 156 valence electrons. The van der Waals surface area contributed by atoms with Crippen LogP contribution >= 0.6 is 11.8 Å². The molecular formula is C22H23N3O4S. The van der Waals surface area contributed by atoms with Crippen molar-refractivity contribution in [2.75, 3.05) is 26.0 Å². The number of hydrogen-bond acceptors (Lipinski definition) is 6. The highest BCUT2D eigenvalue weighted by molar-refractivity contribution is 8.04. The van der Waals surface area contributed by atoms with Crippen LogP contribution in [0.2, 0.25) is 0 Å². The Bertz CT molecular complexity index is 1030. The van der Waals surface area contributed by atoms with Gasteiger partial charge in [0.15, 0.2) is 5.57 Å². The van der Waals surface area contributed by atoms with Gasteiger partial charge in [-0.3, -0.25) is 4.79 Å². The van der Waals surface area contributed by atoms with Crippen molar-refractivity contribution in [3.8, 4) is 11.8 Å². The number of ether oxygens (including phenoxy) is 2. The number of nitrogens with zero attached hydrogens (tertiary/aromatic N) is 2. The Hall–Kier alpha value is -3.44. The first-order valence-electron chi connectivity index (χ1n) is 9.13. The molecule has 0 saturated carbocycles. The van der Waals surface area contributed by atoms with Crippen LogP contribution in [0.1, 0.15) is 12.5 Å². The van der Waals surface area contributed by atoms with E-state index in [0.717, 1.165) is 22.2 Å². The number of fused-ring (bicyclic) bond motifs is 1. The average molecular weight is 426 g/mol. The number of H-pyrrole nitrogens is 1. The highest BCUT2D eigenvalue weighted by Gasteiger charge is 2.31. The number of carbonyl (C=O) groups excluding carboxylic acids is 2. The molecule has 0 aliphatic carbocycles. The fraction of sp³-hybridized carbons (Fsp3) is 0.227. The maximum Gasteiger partial charge on any atom is 0.351 e. The molecule has 1 amide bonds. The molecule has 2 heterocycles. The van der Waals surface area contributed by atoms with Crippen molar-refractivity contribution < 1.29 is 19.1 Å². The number of methoxy groups -OCH3 is 1. The summed E-state index contributed by atoms with van der Waals surface area (Å²) in [5.74, 6) is 0.304. The first-order valence-corrected chi connectivity index (χ1v) is 10.1. The molecule has 1 N–H and O–H groups in total. The van der Waals surface area contributed by atoms with Gasteiger partial charge < -0.3 is 19.4 Å². The lowest BCUT2D eigenvalue weighted by Gasteiger charge is -2.14. The summed E-state index contributed by atoms with van der Waals surface area (Å²) in [5.41, 5.74) is 2.09. The lowest BCUT2D eigenvalue weighted by molar-refractivity contribution is -0.137. The van der Waals surface area contributed by atoms with E-state index < -0.39 is 5.97 Å². The van der Waals surface area contributed by atoms with Gasteiger partial charge in [-0.2, -0.15) is 5.26 Å². The van der Waals surface area contributed by atoms with Crippen molar-refractivity contribution >= 4 is 40.6 Å². The second kappa shape index (κ2) is 10.9. The zero-order chi connectivity index (χ0) is 22.1. The number of esters is 1. The molecule has 1 aromatic heterocycles. The molecule has 1 aliphatic rings. The van der Waals surface area contributed by atoms with Gasteiger partial charge in [0.2, 0.25) is 5.91 Å². The molecule has 7 nitrogen and oxygen atoms in total. The first-order chi connectivity index (χ1) is 14.5. The van der Waals surface area contributed by atoms with Crippen LogP contribution in [0.5, 0.6) is 5.75 Å². The third kappa shape index (κ3) is 5.13. The molecule has 30 heavy (non-hydrogen) atoms. The third-order valence-corrected chi connectivity index (χ3v) is 5.29. The highest BCUT2D eigenvalue weighted by Crippen LogP contribution is 2.31. The van der Waals surface area contributed by atoms with E-state index in [1.165, 1.54) is 22.7 Å². The molecule has 3 rings (SSSR count). The van der Waals surface area contributed by atoms with Crippen LogP contribution in [0.15, 0.2) is 54.2 Å². The average Bonchev–Trinajstić information content (AvgIpc) is 3.35. The Balaban J connectivity index is 0.000000220. The van der Waals surface area contributed by atoms with Gasteiger partial charge in [0.25, 0.3) is 0 Å². The van der Waals surface area contributed by atoms with Gasteiger partial charge in [-0.1, -0.05) is 37.1 Å². The summed E-state index contributed by atoms with van der Waals surface area (Å²) in [7, 11) is 1.67. The van der Waals surface area contributed by atoms with E-state index in [-0.39, 0.29) is 23.8 Å². The summed E-state index contributed by atoms with van der Waals surface area (Å²) < 4.78 is 9.94. The number of aromatic amines is 1. The normalized spacial score (nSPS) is 14.4. The number of hydrogen-bond donors (Lipinski definition) is 1. The van der Waals surface area contributed by atoms with Crippen LogP contribution in [-0.4, -0.2) is 47.8 Å². The minimum Gasteiger partial charge on any atom is -0.497 e. The molecule has 2 aromatic rings. The van der Waals surface area contributed by atoms with E-state index in [9.17, 15) is 9.59 Å². The smallest absolute Gasteiger partial charge is 0.351 e. The van der Waals surface area contributed by atoms with Crippen molar-refractivity contribution in [1.82, 2.24) is 9.88 Å². The Morgan fingerprint density at radius 2 is 2.20 bits per heavy atom. The van der Waals surface area contributed by atoms with Crippen LogP contribution in [0.4, 0.5) is 0 Å². The molecule has 0 bridgehead atoms. The van der Waals surface area contributed by atoms with Crippen LogP contribution < -0.4 is 4.74 Å². The number of nitrogens with one attached hydrogen (secondary N) is 1. The van der Waals surface area contributed by atoms with E-state index in [1.807, 2.05) is 30.5 Å². The zero-order valence-electron chi connectivity index (χ0n) is 16.9. The number of nitriles is 1. The van der Waals surface area contributed by atoms with Gasteiger partial charge in [-0.25, -0.2) is 4.79 Å². The van der Waals surface area contributed by atoms with Crippen LogP contribution in [0.3, 0.4) is 0 Å². The number of thioether (sulfide) groups is 1. The summed E-state index contributed by atoms with van der Waals surface area (Å²) in [6, 6.07) is 7.73. The largest absolute Gasteiger partial charge is 0.497 e. The monoisotopic (exact) mass is 425 g/mol. The summed E-state index contributed by atoms with van der Waals surface area (Å²) in [4.78, 5) is 27.6. The third-order valence-electron chi connectivity index (χ3n) is 4.20. The SMILES string of the molecule is C=CCOC(=O)/C(C#N)=C1\SCC(=O)N1CC.C=Cc1c[nH]c2ccc(OC)cc12. The number of benzene rings is 1. The number of carbonyl (C=O) groups is 2. The Labute approximate surface area is 179 Å². The van der Waals surface area contributed by atoms with Gasteiger partial charge in [0, 0.05) is 23.6 Å². The summed E-state index contributed by atoms with van der Waals surface area (Å²) >= 11 is 1.18. The second-order valence-corrected chi connectivity index (χ2v) is 6.93. The predicted octanol–water partition coefficient (Wildman–Crippen LogP) is 3.87. The van der Waals surface area contributed by atoms with Crippen LogP contribution in [0.25, 0.3) is 17.0 Å². The number of rotatable bonds is 6. The molecule has 0 radical (unpaired) electrons. The fourth-order valence-corrected chi connectivity index (χ4v) is 3.81. The van der Waals surface area contributed by atoms with E-state index in [4.69, 9.17) is 14.7 Å². The van der Waals surface area contributed by atoms with Gasteiger partial charge in [-0.05, 0) is 30.7 Å². The first kappa shape index (κ1) is 22.8. The Morgan fingerprint density at radius 3 is 2.80 bits per heavy atom. The zero-order valence-corrected chi connectivity index (χ0v) is 17.8. The molecule has 1 fully saturated rings. The molecular weight excluding hydrogens is 402 g/mol. The molecule has 1 aromatic carbocycles. The maximum atomic E-state index is 11.6.